The Labute approximate surface area is 153 Å². The van der Waals surface area contributed by atoms with E-state index in [2.05, 4.69) is 0 Å². The molecule has 0 spiro atoms. The lowest BCUT2D eigenvalue weighted by Crippen LogP contribution is -2.24. The number of hydrogen-bond acceptors (Lipinski definition) is 4. The normalized spacial score (nSPS) is 11.5. The number of halogens is 2. The monoisotopic (exact) mass is 386 g/mol. The van der Waals surface area contributed by atoms with Gasteiger partial charge in [-0.3, -0.25) is 0 Å². The maximum absolute atomic E-state index is 13.3. The molecule has 2 N–H and O–H groups in total. The Morgan fingerprint density at radius 3 is 2.29 bits per heavy atom. The molecule has 0 saturated carbocycles. The first-order valence-corrected chi connectivity index (χ1v) is 9.82. The summed E-state index contributed by atoms with van der Waals surface area (Å²) in [6, 6.07) is 8.10. The number of nitrogens with two attached hydrogens (primary N) is 1. The van der Waals surface area contributed by atoms with Crippen molar-refractivity contribution in [2.45, 2.75) is 30.6 Å². The Balaban J connectivity index is 2.78. The molecule has 0 aliphatic rings. The number of sulfone groups is 1. The van der Waals surface area contributed by atoms with E-state index in [4.69, 9.17) is 28.9 Å². The van der Waals surface area contributed by atoms with Crippen molar-refractivity contribution >= 4 is 44.4 Å². The number of nitrogens with zero attached hydrogens (tertiary/aromatic N) is 1. The fraction of sp³-hybridized carbons (Fsp3) is 0.294. The van der Waals surface area contributed by atoms with Gasteiger partial charge in [0.05, 0.1) is 31.2 Å². The van der Waals surface area contributed by atoms with Crippen molar-refractivity contribution in [3.63, 3.8) is 0 Å². The van der Waals surface area contributed by atoms with Gasteiger partial charge in [0.25, 0.3) is 0 Å². The molecule has 2 aromatic rings. The average molecular weight is 387 g/mol. The summed E-state index contributed by atoms with van der Waals surface area (Å²) < 4.78 is 26.6. The summed E-state index contributed by atoms with van der Waals surface area (Å²) in [5.74, 6) is 0. The molecule has 0 saturated heterocycles. The molecule has 0 unspecified atom stereocenters. The zero-order chi connectivity index (χ0) is 18.1. The van der Waals surface area contributed by atoms with Crippen molar-refractivity contribution in [1.29, 1.82) is 0 Å². The molecule has 0 heterocycles. The molecule has 0 amide bonds. The van der Waals surface area contributed by atoms with Crippen molar-refractivity contribution in [3.8, 4) is 0 Å². The Morgan fingerprint density at radius 2 is 1.71 bits per heavy atom. The van der Waals surface area contributed by atoms with Crippen LogP contribution < -0.4 is 10.6 Å². The number of aryl methyl sites for hydroxylation is 1. The molecular formula is C17H20Cl2N2O2S. The summed E-state index contributed by atoms with van der Waals surface area (Å²) in [5, 5.41) is 0.224. The molecule has 0 aromatic heterocycles. The van der Waals surface area contributed by atoms with Gasteiger partial charge in [-0.25, -0.2) is 8.42 Å². The highest BCUT2D eigenvalue weighted by Gasteiger charge is 2.28. The third-order valence-electron chi connectivity index (χ3n) is 3.90. The predicted octanol–water partition coefficient (Wildman–Crippen LogP) is 4.56. The highest BCUT2D eigenvalue weighted by molar-refractivity contribution is 7.91. The zero-order valence-electron chi connectivity index (χ0n) is 13.8. The molecule has 0 fully saturated rings. The van der Waals surface area contributed by atoms with Crippen molar-refractivity contribution in [2.75, 3.05) is 23.7 Å². The smallest absolute Gasteiger partial charge is 0.210 e. The minimum atomic E-state index is -3.85. The second-order valence-corrected chi connectivity index (χ2v) is 8.07. The number of hydrogen-bond donors (Lipinski definition) is 1. The first kappa shape index (κ1) is 18.9. The van der Waals surface area contributed by atoms with Crippen LogP contribution in [0.4, 0.5) is 11.4 Å². The van der Waals surface area contributed by atoms with E-state index in [9.17, 15) is 8.42 Å². The van der Waals surface area contributed by atoms with E-state index >= 15 is 0 Å². The van der Waals surface area contributed by atoms with Crippen molar-refractivity contribution in [2.24, 2.45) is 0 Å². The largest absolute Gasteiger partial charge is 0.397 e. The number of benzene rings is 2. The summed E-state index contributed by atoms with van der Waals surface area (Å²) >= 11 is 12.2. The predicted molar refractivity (Wildman–Crippen MR) is 101 cm³/mol. The topological polar surface area (TPSA) is 63.4 Å². The van der Waals surface area contributed by atoms with Crippen LogP contribution in [0.3, 0.4) is 0 Å². The first-order valence-electron chi connectivity index (χ1n) is 7.58. The molecule has 0 radical (unpaired) electrons. The Morgan fingerprint density at radius 1 is 1.08 bits per heavy atom. The van der Waals surface area contributed by atoms with Crippen molar-refractivity contribution in [1.82, 2.24) is 0 Å². The van der Waals surface area contributed by atoms with Crippen LogP contribution in [-0.4, -0.2) is 21.5 Å². The lowest BCUT2D eigenvalue weighted by molar-refractivity contribution is 0.595. The van der Waals surface area contributed by atoms with Crippen molar-refractivity contribution in [3.05, 3.63) is 45.9 Å². The van der Waals surface area contributed by atoms with Crippen molar-refractivity contribution < 1.29 is 8.42 Å². The van der Waals surface area contributed by atoms with Crippen LogP contribution in [0.25, 0.3) is 0 Å². The van der Waals surface area contributed by atoms with E-state index in [1.54, 1.807) is 19.1 Å². The summed E-state index contributed by atoms with van der Waals surface area (Å²) in [4.78, 5) is 2.20. The van der Waals surface area contributed by atoms with Gasteiger partial charge in [-0.15, -0.1) is 0 Å². The zero-order valence-corrected chi connectivity index (χ0v) is 16.1. The highest BCUT2D eigenvalue weighted by Crippen LogP contribution is 2.38. The highest BCUT2D eigenvalue weighted by atomic mass is 35.5. The van der Waals surface area contributed by atoms with Gasteiger partial charge in [0.2, 0.25) is 9.84 Å². The second-order valence-electron chi connectivity index (χ2n) is 5.40. The van der Waals surface area contributed by atoms with Gasteiger partial charge in [-0.05, 0) is 44.5 Å². The molecule has 7 heteroatoms. The van der Waals surface area contributed by atoms with Gasteiger partial charge in [-0.1, -0.05) is 35.3 Å². The second kappa shape index (κ2) is 7.21. The molecule has 0 aliphatic heterocycles. The summed E-state index contributed by atoms with van der Waals surface area (Å²) in [6.45, 7) is 7.12. The van der Waals surface area contributed by atoms with Gasteiger partial charge >= 0.3 is 0 Å². The first-order chi connectivity index (χ1) is 11.2. The molecule has 2 rings (SSSR count). The minimum absolute atomic E-state index is 0.0360. The summed E-state index contributed by atoms with van der Waals surface area (Å²) in [6.07, 6.45) is 0. The maximum Gasteiger partial charge on any atom is 0.210 e. The van der Waals surface area contributed by atoms with E-state index in [1.165, 1.54) is 12.1 Å². The Bertz CT molecular complexity index is 863. The van der Waals surface area contributed by atoms with Gasteiger partial charge in [-0.2, -0.15) is 0 Å². The lowest BCUT2D eigenvalue weighted by atomic mass is 10.2. The molecule has 2 aromatic carbocycles. The van der Waals surface area contributed by atoms with Gasteiger partial charge in [0.15, 0.2) is 0 Å². The average Bonchev–Trinajstić information content (AvgIpc) is 2.51. The number of nitrogen functional groups attached to an aromatic ring is 1. The molecule has 130 valence electrons. The van der Waals surface area contributed by atoms with E-state index in [1.807, 2.05) is 24.8 Å². The van der Waals surface area contributed by atoms with Gasteiger partial charge < -0.3 is 10.6 Å². The fourth-order valence-corrected chi connectivity index (χ4v) is 5.14. The SMILES string of the molecule is CCN(CC)c1cccc(C)c1S(=O)(=O)c1cc(Cl)c(N)cc1Cl. The van der Waals surface area contributed by atoms with Crippen LogP contribution >= 0.6 is 23.2 Å². The lowest BCUT2D eigenvalue weighted by Gasteiger charge is -2.25. The van der Waals surface area contributed by atoms with E-state index in [-0.39, 0.29) is 25.5 Å². The van der Waals surface area contributed by atoms with E-state index in [0.29, 0.717) is 24.3 Å². The molecule has 4 nitrogen and oxygen atoms in total. The summed E-state index contributed by atoms with van der Waals surface area (Å²) in [5.41, 5.74) is 7.26. The van der Waals surface area contributed by atoms with Crippen LogP contribution in [0, 0.1) is 6.92 Å². The minimum Gasteiger partial charge on any atom is -0.397 e. The molecule has 0 bridgehead atoms. The van der Waals surface area contributed by atoms with Gasteiger partial charge in [0, 0.05) is 13.1 Å². The summed E-state index contributed by atoms with van der Waals surface area (Å²) in [7, 11) is -3.85. The van der Waals surface area contributed by atoms with E-state index in [0.717, 1.165) is 0 Å². The van der Waals surface area contributed by atoms with Crippen LogP contribution in [-0.2, 0) is 9.84 Å². The Kier molecular flexibility index (Phi) is 5.68. The quantitative estimate of drug-likeness (QED) is 0.764. The fourth-order valence-electron chi connectivity index (χ4n) is 2.66. The number of rotatable bonds is 5. The van der Waals surface area contributed by atoms with Gasteiger partial charge in [0.1, 0.15) is 0 Å². The van der Waals surface area contributed by atoms with Crippen LogP contribution in [0.1, 0.15) is 19.4 Å². The number of anilines is 2. The third kappa shape index (κ3) is 3.34. The standard InChI is InChI=1S/C17H20Cl2N2O2S/c1-4-21(5-2)15-8-6-7-11(3)17(15)24(22,23)16-10-12(18)14(20)9-13(16)19/h6-10H,4-5,20H2,1-3H3. The molecule has 0 atom stereocenters. The maximum atomic E-state index is 13.3. The molecule has 24 heavy (non-hydrogen) atoms. The van der Waals surface area contributed by atoms with E-state index < -0.39 is 9.84 Å². The van der Waals surface area contributed by atoms with Crippen LogP contribution in [0.15, 0.2) is 40.1 Å². The Hall–Kier alpha value is -1.43. The van der Waals surface area contributed by atoms with Crippen LogP contribution in [0.2, 0.25) is 10.0 Å². The molecular weight excluding hydrogens is 367 g/mol. The van der Waals surface area contributed by atoms with Crippen LogP contribution in [0.5, 0.6) is 0 Å². The molecule has 0 aliphatic carbocycles. The third-order valence-corrected chi connectivity index (χ3v) is 6.64.